The zero-order valence-corrected chi connectivity index (χ0v) is 13.8. The average molecular weight is 342 g/mol. The molecule has 7 heteroatoms. The van der Waals surface area contributed by atoms with Gasteiger partial charge in [0.15, 0.2) is 5.82 Å². The maximum Gasteiger partial charge on any atom is 0.249 e. The van der Waals surface area contributed by atoms with Gasteiger partial charge in [0.1, 0.15) is 5.75 Å². The van der Waals surface area contributed by atoms with Crippen LogP contribution in [0.5, 0.6) is 5.75 Å². The Balaban J connectivity index is 1.70. The summed E-state index contributed by atoms with van der Waals surface area (Å²) in [6, 6.07) is 14.9. The molecule has 1 aromatic heterocycles. The number of hydrogen-bond acceptors (Lipinski definition) is 6. The summed E-state index contributed by atoms with van der Waals surface area (Å²) in [5.41, 5.74) is 1.68. The fourth-order valence-corrected chi connectivity index (χ4v) is 2.25. The maximum absolute atomic E-state index is 5.97. The Bertz CT molecular complexity index is 810. The van der Waals surface area contributed by atoms with Gasteiger partial charge in [0.2, 0.25) is 5.95 Å². The van der Waals surface area contributed by atoms with Crippen LogP contribution < -0.4 is 15.4 Å². The Morgan fingerprint density at radius 1 is 1.04 bits per heavy atom. The molecule has 0 spiro atoms. The van der Waals surface area contributed by atoms with Gasteiger partial charge in [-0.3, -0.25) is 0 Å². The van der Waals surface area contributed by atoms with Crippen molar-refractivity contribution in [3.05, 3.63) is 59.8 Å². The molecule has 0 atom stereocenters. The van der Waals surface area contributed by atoms with Gasteiger partial charge in [0.05, 0.1) is 12.8 Å². The number of benzene rings is 2. The van der Waals surface area contributed by atoms with E-state index in [1.54, 1.807) is 18.3 Å². The Morgan fingerprint density at radius 2 is 1.88 bits per heavy atom. The average Bonchev–Trinajstić information content (AvgIpc) is 2.57. The van der Waals surface area contributed by atoms with Crippen LogP contribution in [0.25, 0.3) is 0 Å². The highest BCUT2D eigenvalue weighted by Crippen LogP contribution is 2.21. The van der Waals surface area contributed by atoms with Gasteiger partial charge >= 0.3 is 0 Å². The molecule has 0 aliphatic heterocycles. The molecular weight excluding hydrogens is 326 g/mol. The van der Waals surface area contributed by atoms with E-state index in [9.17, 15) is 0 Å². The maximum atomic E-state index is 5.97. The highest BCUT2D eigenvalue weighted by Gasteiger charge is 2.03. The zero-order chi connectivity index (χ0) is 16.8. The standard InChI is InChI=1S/C17H16ClN5O/c1-2-24-15-8-6-13(7-9-15)20-16-11-19-23-17(22-16)21-14-5-3-4-12(18)10-14/h3-11H,2H2,1H3,(H2,20,21,22,23). The van der Waals surface area contributed by atoms with Gasteiger partial charge in [-0.05, 0) is 49.4 Å². The largest absolute Gasteiger partial charge is 0.494 e. The van der Waals surface area contributed by atoms with Crippen molar-refractivity contribution in [2.45, 2.75) is 6.92 Å². The third-order valence-corrected chi connectivity index (χ3v) is 3.31. The van der Waals surface area contributed by atoms with E-state index < -0.39 is 0 Å². The third kappa shape index (κ3) is 4.33. The van der Waals surface area contributed by atoms with E-state index >= 15 is 0 Å². The van der Waals surface area contributed by atoms with Crippen molar-refractivity contribution in [1.29, 1.82) is 0 Å². The van der Waals surface area contributed by atoms with Gasteiger partial charge in [-0.2, -0.15) is 10.1 Å². The van der Waals surface area contributed by atoms with Gasteiger partial charge in [0, 0.05) is 16.4 Å². The van der Waals surface area contributed by atoms with Gasteiger partial charge in [0.25, 0.3) is 0 Å². The number of nitrogens with zero attached hydrogens (tertiary/aromatic N) is 3. The van der Waals surface area contributed by atoms with Crippen LogP contribution in [-0.4, -0.2) is 21.8 Å². The summed E-state index contributed by atoms with van der Waals surface area (Å²) in [5.74, 6) is 1.79. The summed E-state index contributed by atoms with van der Waals surface area (Å²) in [4.78, 5) is 4.38. The van der Waals surface area contributed by atoms with Gasteiger partial charge in [-0.1, -0.05) is 17.7 Å². The molecule has 0 amide bonds. The summed E-state index contributed by atoms with van der Waals surface area (Å²) in [6.07, 6.45) is 1.56. The van der Waals surface area contributed by atoms with Crippen LogP contribution in [0.3, 0.4) is 0 Å². The van der Waals surface area contributed by atoms with Crippen molar-refractivity contribution in [3.63, 3.8) is 0 Å². The van der Waals surface area contributed by atoms with Crippen molar-refractivity contribution in [3.8, 4) is 5.75 Å². The molecule has 0 bridgehead atoms. The molecule has 0 unspecified atom stereocenters. The lowest BCUT2D eigenvalue weighted by molar-refractivity contribution is 0.340. The topological polar surface area (TPSA) is 72.0 Å². The highest BCUT2D eigenvalue weighted by molar-refractivity contribution is 6.30. The summed E-state index contributed by atoms with van der Waals surface area (Å²) in [7, 11) is 0. The van der Waals surface area contributed by atoms with E-state index in [-0.39, 0.29) is 0 Å². The second-order valence-electron chi connectivity index (χ2n) is 4.88. The minimum atomic E-state index is 0.383. The van der Waals surface area contributed by atoms with Crippen LogP contribution in [0, 0.1) is 0 Å². The zero-order valence-electron chi connectivity index (χ0n) is 13.0. The monoisotopic (exact) mass is 341 g/mol. The predicted molar refractivity (Wildman–Crippen MR) is 95.5 cm³/mol. The van der Waals surface area contributed by atoms with E-state index in [0.29, 0.717) is 23.4 Å². The molecule has 0 fully saturated rings. The van der Waals surface area contributed by atoms with E-state index in [1.807, 2.05) is 43.3 Å². The first-order valence-corrected chi connectivity index (χ1v) is 7.83. The van der Waals surface area contributed by atoms with E-state index in [2.05, 4.69) is 25.8 Å². The number of ether oxygens (including phenoxy) is 1. The molecule has 2 aromatic carbocycles. The molecule has 1 heterocycles. The molecule has 122 valence electrons. The molecule has 0 saturated heterocycles. The van der Waals surface area contributed by atoms with Gasteiger partial charge < -0.3 is 15.4 Å². The smallest absolute Gasteiger partial charge is 0.249 e. The Hall–Kier alpha value is -2.86. The van der Waals surface area contributed by atoms with Crippen LogP contribution in [0.4, 0.5) is 23.1 Å². The van der Waals surface area contributed by atoms with Gasteiger partial charge in [-0.15, -0.1) is 5.10 Å². The summed E-state index contributed by atoms with van der Waals surface area (Å²) < 4.78 is 5.42. The Morgan fingerprint density at radius 3 is 2.62 bits per heavy atom. The fourth-order valence-electron chi connectivity index (χ4n) is 2.06. The van der Waals surface area contributed by atoms with E-state index in [1.165, 1.54) is 0 Å². The molecule has 2 N–H and O–H groups in total. The predicted octanol–water partition coefficient (Wildman–Crippen LogP) is 4.41. The van der Waals surface area contributed by atoms with Crippen molar-refractivity contribution >= 4 is 34.7 Å². The molecule has 24 heavy (non-hydrogen) atoms. The second-order valence-corrected chi connectivity index (χ2v) is 5.32. The second kappa shape index (κ2) is 7.61. The quantitative estimate of drug-likeness (QED) is 0.692. The molecule has 0 saturated carbocycles. The highest BCUT2D eigenvalue weighted by atomic mass is 35.5. The fraction of sp³-hybridized carbons (Fsp3) is 0.118. The number of nitrogens with one attached hydrogen (secondary N) is 2. The minimum absolute atomic E-state index is 0.383. The summed E-state index contributed by atoms with van der Waals surface area (Å²) in [6.45, 7) is 2.59. The summed E-state index contributed by atoms with van der Waals surface area (Å²) >= 11 is 5.97. The van der Waals surface area contributed by atoms with Crippen molar-refractivity contribution in [1.82, 2.24) is 15.2 Å². The van der Waals surface area contributed by atoms with Crippen LogP contribution in [0.1, 0.15) is 6.92 Å². The number of anilines is 4. The van der Waals surface area contributed by atoms with Crippen LogP contribution >= 0.6 is 11.6 Å². The summed E-state index contributed by atoms with van der Waals surface area (Å²) in [5, 5.41) is 14.8. The first kappa shape index (κ1) is 16.0. The lowest BCUT2D eigenvalue weighted by Crippen LogP contribution is -2.02. The number of aromatic nitrogens is 3. The molecule has 0 radical (unpaired) electrons. The Kier molecular flexibility index (Phi) is 5.08. The number of hydrogen-bond donors (Lipinski definition) is 2. The molecular formula is C17H16ClN5O. The number of halogens is 1. The SMILES string of the molecule is CCOc1ccc(Nc2cnnc(Nc3cccc(Cl)c3)n2)cc1. The third-order valence-electron chi connectivity index (χ3n) is 3.08. The lowest BCUT2D eigenvalue weighted by atomic mass is 10.3. The van der Waals surface area contributed by atoms with E-state index in [0.717, 1.165) is 17.1 Å². The number of rotatable bonds is 6. The van der Waals surface area contributed by atoms with Crippen LogP contribution in [0.2, 0.25) is 5.02 Å². The normalized spacial score (nSPS) is 10.2. The van der Waals surface area contributed by atoms with Gasteiger partial charge in [-0.25, -0.2) is 0 Å². The molecule has 6 nitrogen and oxygen atoms in total. The molecule has 3 aromatic rings. The minimum Gasteiger partial charge on any atom is -0.494 e. The molecule has 0 aliphatic rings. The molecule has 3 rings (SSSR count). The Labute approximate surface area is 144 Å². The molecule has 0 aliphatic carbocycles. The first-order chi connectivity index (χ1) is 11.7. The van der Waals surface area contributed by atoms with Crippen LogP contribution in [0.15, 0.2) is 54.7 Å². The lowest BCUT2D eigenvalue weighted by Gasteiger charge is -2.09. The van der Waals surface area contributed by atoms with Crippen molar-refractivity contribution in [2.75, 3.05) is 17.2 Å². The van der Waals surface area contributed by atoms with Crippen molar-refractivity contribution < 1.29 is 4.74 Å². The van der Waals surface area contributed by atoms with Crippen molar-refractivity contribution in [2.24, 2.45) is 0 Å². The first-order valence-electron chi connectivity index (χ1n) is 7.45. The van der Waals surface area contributed by atoms with Crippen LogP contribution in [-0.2, 0) is 0 Å². The van der Waals surface area contributed by atoms with E-state index in [4.69, 9.17) is 16.3 Å².